The number of nitrogens with two attached hydrogens (primary N) is 1. The highest BCUT2D eigenvalue weighted by Crippen LogP contribution is 2.28. The number of rotatable bonds is 4. The van der Waals surface area contributed by atoms with E-state index in [-0.39, 0.29) is 10.6 Å². The molecule has 5 nitrogen and oxygen atoms in total. The van der Waals surface area contributed by atoms with Gasteiger partial charge in [-0.25, -0.2) is 13.6 Å². The van der Waals surface area contributed by atoms with Crippen LogP contribution in [0.15, 0.2) is 53.4 Å². The lowest BCUT2D eigenvalue weighted by Gasteiger charge is -2.10. The number of anilines is 1. The van der Waals surface area contributed by atoms with Gasteiger partial charge < -0.3 is 10.1 Å². The molecule has 3 N–H and O–H groups in total. The molecule has 0 aliphatic rings. The smallest absolute Gasteiger partial charge is 0.241 e. The highest BCUT2D eigenvalue weighted by Gasteiger charge is 2.14. The second-order valence-corrected chi connectivity index (χ2v) is 5.40. The maximum Gasteiger partial charge on any atom is 0.241 e. The highest BCUT2D eigenvalue weighted by atomic mass is 32.2. The van der Waals surface area contributed by atoms with Gasteiger partial charge in [0.25, 0.3) is 0 Å². The van der Waals surface area contributed by atoms with Crippen molar-refractivity contribution < 1.29 is 13.2 Å². The molecule has 0 amide bonds. The molecule has 0 bridgehead atoms. The van der Waals surface area contributed by atoms with Crippen LogP contribution < -0.4 is 15.2 Å². The zero-order chi connectivity index (χ0) is 13.9. The third kappa shape index (κ3) is 3.24. The Morgan fingerprint density at radius 2 is 1.68 bits per heavy atom. The Morgan fingerprint density at radius 1 is 1.05 bits per heavy atom. The first-order chi connectivity index (χ1) is 9.00. The fourth-order valence-electron chi connectivity index (χ4n) is 1.59. The first-order valence-electron chi connectivity index (χ1n) is 5.58. The van der Waals surface area contributed by atoms with Gasteiger partial charge in [-0.1, -0.05) is 12.1 Å². The van der Waals surface area contributed by atoms with E-state index in [1.165, 1.54) is 6.07 Å². The molecule has 0 atom stereocenters. The summed E-state index contributed by atoms with van der Waals surface area (Å²) < 4.78 is 28.4. The Labute approximate surface area is 112 Å². The van der Waals surface area contributed by atoms with Crippen molar-refractivity contribution in [1.82, 2.24) is 0 Å². The zero-order valence-electron chi connectivity index (χ0n) is 10.3. The van der Waals surface area contributed by atoms with Crippen molar-refractivity contribution >= 4 is 15.7 Å². The van der Waals surface area contributed by atoms with Crippen molar-refractivity contribution in [3.05, 3.63) is 48.5 Å². The average molecular weight is 278 g/mol. The van der Waals surface area contributed by atoms with Gasteiger partial charge in [-0.3, -0.25) is 0 Å². The molecule has 2 aromatic rings. The van der Waals surface area contributed by atoms with E-state index in [2.05, 4.69) is 5.32 Å². The quantitative estimate of drug-likeness (QED) is 0.898. The van der Waals surface area contributed by atoms with Crippen molar-refractivity contribution in [3.8, 4) is 11.5 Å². The zero-order valence-corrected chi connectivity index (χ0v) is 11.1. The summed E-state index contributed by atoms with van der Waals surface area (Å²) in [5.41, 5.74) is 0.937. The van der Waals surface area contributed by atoms with E-state index in [1.54, 1.807) is 30.3 Å². The van der Waals surface area contributed by atoms with Gasteiger partial charge >= 0.3 is 0 Å². The summed E-state index contributed by atoms with van der Waals surface area (Å²) in [5, 5.41) is 8.12. The molecule has 2 rings (SSSR count). The number of benzene rings is 2. The molecule has 0 unspecified atom stereocenters. The van der Waals surface area contributed by atoms with Crippen LogP contribution >= 0.6 is 0 Å². The number of ether oxygens (including phenoxy) is 1. The van der Waals surface area contributed by atoms with Crippen LogP contribution in [0.5, 0.6) is 11.5 Å². The Morgan fingerprint density at radius 3 is 2.26 bits per heavy atom. The van der Waals surface area contributed by atoms with Crippen LogP contribution in [0, 0.1) is 0 Å². The third-order valence-corrected chi connectivity index (χ3v) is 3.48. The topological polar surface area (TPSA) is 81.4 Å². The number of para-hydroxylation sites is 1. The normalized spacial score (nSPS) is 11.1. The van der Waals surface area contributed by atoms with Gasteiger partial charge in [-0.15, -0.1) is 0 Å². The molecule has 0 aromatic heterocycles. The predicted molar refractivity (Wildman–Crippen MR) is 73.9 cm³/mol. The fraction of sp³-hybridized carbons (Fsp3) is 0.0769. The van der Waals surface area contributed by atoms with Gasteiger partial charge in [-0.05, 0) is 36.4 Å². The van der Waals surface area contributed by atoms with Crippen molar-refractivity contribution in [1.29, 1.82) is 0 Å². The van der Waals surface area contributed by atoms with Crippen LogP contribution in [0.3, 0.4) is 0 Å². The van der Waals surface area contributed by atoms with Crippen LogP contribution in [0.4, 0.5) is 5.69 Å². The molecule has 0 saturated carbocycles. The van der Waals surface area contributed by atoms with Gasteiger partial charge in [0.2, 0.25) is 10.0 Å². The molecular formula is C13H14N2O3S. The predicted octanol–water partition coefficient (Wildman–Crippen LogP) is 2.17. The van der Waals surface area contributed by atoms with E-state index in [9.17, 15) is 8.42 Å². The number of hydrogen-bond donors (Lipinski definition) is 2. The lowest BCUT2D eigenvalue weighted by atomic mass is 10.3. The number of nitrogens with one attached hydrogen (secondary N) is 1. The van der Waals surface area contributed by atoms with E-state index in [0.29, 0.717) is 5.75 Å². The minimum Gasteiger partial charge on any atom is -0.456 e. The number of primary sulfonamides is 1. The molecule has 0 fully saturated rings. The fourth-order valence-corrected chi connectivity index (χ4v) is 2.24. The number of sulfonamides is 1. The van der Waals surface area contributed by atoms with Gasteiger partial charge in [0.15, 0.2) is 0 Å². The SMILES string of the molecule is CNc1ccc(Oc2ccccc2S(N)(=O)=O)cc1. The second-order valence-electron chi connectivity index (χ2n) is 3.87. The Balaban J connectivity index is 2.33. The maximum absolute atomic E-state index is 11.4. The summed E-state index contributed by atoms with van der Waals surface area (Å²) in [5.74, 6) is 0.748. The number of hydrogen-bond acceptors (Lipinski definition) is 4. The molecule has 100 valence electrons. The van der Waals surface area contributed by atoms with E-state index >= 15 is 0 Å². The van der Waals surface area contributed by atoms with Crippen molar-refractivity contribution in [2.24, 2.45) is 5.14 Å². The first-order valence-corrected chi connectivity index (χ1v) is 7.13. The van der Waals surface area contributed by atoms with E-state index in [0.717, 1.165) is 5.69 Å². The van der Waals surface area contributed by atoms with Crippen LogP contribution in [0.1, 0.15) is 0 Å². The summed E-state index contributed by atoms with van der Waals surface area (Å²) in [6.45, 7) is 0. The van der Waals surface area contributed by atoms with Crippen molar-refractivity contribution in [3.63, 3.8) is 0 Å². The summed E-state index contributed by atoms with van der Waals surface area (Å²) in [6, 6.07) is 13.4. The van der Waals surface area contributed by atoms with Crippen LogP contribution in [0.2, 0.25) is 0 Å². The van der Waals surface area contributed by atoms with E-state index < -0.39 is 10.0 Å². The van der Waals surface area contributed by atoms with Gasteiger partial charge in [0.1, 0.15) is 16.4 Å². The summed E-state index contributed by atoms with van der Waals surface area (Å²) >= 11 is 0. The highest BCUT2D eigenvalue weighted by molar-refractivity contribution is 7.89. The minimum absolute atomic E-state index is 0.0345. The Hall–Kier alpha value is -2.05. The molecule has 0 spiro atoms. The molecule has 0 heterocycles. The third-order valence-electron chi connectivity index (χ3n) is 2.53. The second kappa shape index (κ2) is 5.29. The van der Waals surface area contributed by atoms with Gasteiger partial charge in [-0.2, -0.15) is 0 Å². The van der Waals surface area contributed by atoms with E-state index in [1.807, 2.05) is 19.2 Å². The lowest BCUT2D eigenvalue weighted by molar-refractivity contribution is 0.467. The van der Waals surface area contributed by atoms with E-state index in [4.69, 9.17) is 9.88 Å². The largest absolute Gasteiger partial charge is 0.456 e. The first kappa shape index (κ1) is 13.4. The van der Waals surface area contributed by atoms with Crippen molar-refractivity contribution in [2.75, 3.05) is 12.4 Å². The lowest BCUT2D eigenvalue weighted by Crippen LogP contribution is -2.13. The molecule has 0 aliphatic heterocycles. The maximum atomic E-state index is 11.4. The molecule has 19 heavy (non-hydrogen) atoms. The van der Waals surface area contributed by atoms with Crippen LogP contribution in [-0.4, -0.2) is 15.5 Å². The van der Waals surface area contributed by atoms with Crippen LogP contribution in [-0.2, 0) is 10.0 Å². The molecule has 0 radical (unpaired) electrons. The molecule has 2 aromatic carbocycles. The van der Waals surface area contributed by atoms with Crippen molar-refractivity contribution in [2.45, 2.75) is 4.90 Å². The standard InChI is InChI=1S/C13H14N2O3S/c1-15-10-6-8-11(9-7-10)18-12-4-2-3-5-13(12)19(14,16)17/h2-9,15H,1H3,(H2,14,16,17). The average Bonchev–Trinajstić information content (AvgIpc) is 2.39. The molecular weight excluding hydrogens is 264 g/mol. The molecule has 0 saturated heterocycles. The Bertz CT molecular complexity index is 667. The summed E-state index contributed by atoms with van der Waals surface area (Å²) in [6.07, 6.45) is 0. The Kier molecular flexibility index (Phi) is 3.73. The summed E-state index contributed by atoms with van der Waals surface area (Å²) in [7, 11) is -1.99. The summed E-state index contributed by atoms with van der Waals surface area (Å²) in [4.78, 5) is -0.0345. The molecule has 6 heteroatoms. The van der Waals surface area contributed by atoms with Crippen LogP contribution in [0.25, 0.3) is 0 Å². The molecule has 0 aliphatic carbocycles. The van der Waals surface area contributed by atoms with Gasteiger partial charge in [0, 0.05) is 12.7 Å². The van der Waals surface area contributed by atoms with Gasteiger partial charge in [0.05, 0.1) is 0 Å². The monoisotopic (exact) mass is 278 g/mol. The minimum atomic E-state index is -3.80.